The lowest BCUT2D eigenvalue weighted by Gasteiger charge is -2.50. The van der Waals surface area contributed by atoms with Crippen LogP contribution in [-0.4, -0.2) is 271 Å². The zero-order chi connectivity index (χ0) is 65.9. The lowest BCUT2D eigenvalue weighted by Crippen LogP contribution is -2.68. The summed E-state index contributed by atoms with van der Waals surface area (Å²) in [4.78, 5) is 0. The van der Waals surface area contributed by atoms with Crippen LogP contribution in [-0.2, 0) is 149 Å². The molecule has 0 spiro atoms. The lowest BCUT2D eigenvalue weighted by molar-refractivity contribution is -0.381. The third-order valence-electron chi connectivity index (χ3n) is 13.3. The van der Waals surface area contributed by atoms with E-state index in [0.29, 0.717) is 12.8 Å². The molecule has 0 aromatic carbocycles. The van der Waals surface area contributed by atoms with Gasteiger partial charge in [-0.05, 0) is 41.0 Å². The van der Waals surface area contributed by atoms with E-state index in [0.717, 1.165) is 53.4 Å². The monoisotopic (exact) mass is 1420 g/mol. The molecule has 5 rings (SSSR count). The van der Waals surface area contributed by atoms with Gasteiger partial charge in [0.1, 0.15) is 61.0 Å². The van der Waals surface area contributed by atoms with E-state index in [2.05, 4.69) is 16.7 Å². The molecule has 0 bridgehead atoms. The number of hydrogen-bond acceptors (Lipinski definition) is 35. The summed E-state index contributed by atoms with van der Waals surface area (Å²) in [6.45, 7) is 6.66. The van der Waals surface area contributed by atoms with Gasteiger partial charge in [0.15, 0.2) is 62.0 Å². The highest BCUT2D eigenvalue weighted by Crippen LogP contribution is 2.41. The quantitative estimate of drug-likeness (QED) is 0.0238. The molecule has 42 nitrogen and oxygen atoms in total. The summed E-state index contributed by atoms with van der Waals surface area (Å²) in [5.41, 5.74) is 0. The van der Waals surface area contributed by atoms with Crippen molar-refractivity contribution in [3.05, 3.63) is 0 Å². The number of unbranched alkanes of at least 4 members (excludes halogenated alkanes) is 5. The largest absolute Gasteiger partial charge is 0.397 e. The Morgan fingerprint density at radius 2 is 0.540 bits per heavy atom. The van der Waals surface area contributed by atoms with Crippen LogP contribution in [0.25, 0.3) is 0 Å². The first-order chi connectivity index (χ1) is 39.7. The molecule has 0 aromatic rings. The van der Waals surface area contributed by atoms with Crippen LogP contribution in [0, 0.1) is 0 Å². The average molecular weight is 1420 g/mol. The molecular weight excluding hydrogens is 1350 g/mol. The van der Waals surface area contributed by atoms with Gasteiger partial charge in [-0.1, -0.05) is 39.0 Å². The van der Waals surface area contributed by atoms with Crippen LogP contribution in [0.3, 0.4) is 0 Å². The molecule has 5 saturated heterocycles. The molecule has 0 saturated carbocycles. The Morgan fingerprint density at radius 3 is 0.897 bits per heavy atom. The van der Waals surface area contributed by atoms with E-state index < -0.39 is 226 Å². The van der Waals surface area contributed by atoms with Crippen LogP contribution in [0.2, 0.25) is 0 Å². The second kappa shape index (κ2) is 30.3. The minimum absolute atomic E-state index is 0.181. The molecule has 0 aromatic heterocycles. The number of rotatable bonds is 30. The third-order valence-corrected chi connectivity index (χ3v) is 16.6. The SMILES string of the molecule is CCCCCCCCO[C@H]1O[C@@H](C)[C@@H](O)[C@@H](O[C@@H]2O[C@@H](C)[C@@H](O[C@@H]3O[C@@H](C)[C@@H](O)[C@@H](O[C@@H]4O[C@@H](C)[C@@H](O[C@@H]5O[C@@H](C)[C@@H](O)[C@@H](O)[C@@H]5OS(=O)(=O)O)[C@@H](OS(=O)(=O)O)[C@@H]4OS(=O)(=O)O)[C@@H]3OS(=O)(=O)O)[C@@H](OS(=O)(=O)O)[C@@H]2OS(=O)(=O)O)[C@@H]1OS(=O)(=O)O. The van der Waals surface area contributed by atoms with Gasteiger partial charge in [-0.3, -0.25) is 31.9 Å². The molecule has 11 N–H and O–H groups in total. The first kappa shape index (κ1) is 76.2. The van der Waals surface area contributed by atoms with Gasteiger partial charge in [0.25, 0.3) is 0 Å². The van der Waals surface area contributed by atoms with Gasteiger partial charge in [-0.2, -0.15) is 58.9 Å². The Labute approximate surface area is 498 Å². The van der Waals surface area contributed by atoms with Crippen molar-refractivity contribution in [2.75, 3.05) is 6.61 Å². The Hall–Kier alpha value is -1.47. The summed E-state index contributed by atoms with van der Waals surface area (Å²) >= 11 is 0. The molecule has 0 unspecified atom stereocenters. The minimum Gasteiger partial charge on any atom is -0.388 e. The predicted octanol–water partition coefficient (Wildman–Crippen LogP) is -4.61. The van der Waals surface area contributed by atoms with Crippen molar-refractivity contribution in [1.82, 2.24) is 0 Å². The van der Waals surface area contributed by atoms with Gasteiger partial charge in [-0.15, -0.1) is 0 Å². The molecule has 0 aliphatic carbocycles. The van der Waals surface area contributed by atoms with E-state index in [9.17, 15) is 111 Å². The lowest BCUT2D eigenvalue weighted by atomic mass is 9.96. The number of ether oxygens (including phenoxy) is 10. The van der Waals surface area contributed by atoms with Crippen LogP contribution in [0.5, 0.6) is 0 Å². The molecule has 25 atom stereocenters. The number of hydrogen-bond donors (Lipinski definition) is 11. The smallest absolute Gasteiger partial charge is 0.388 e. The van der Waals surface area contributed by atoms with Crippen LogP contribution >= 0.6 is 0 Å². The Kier molecular flexibility index (Phi) is 26.5. The summed E-state index contributed by atoms with van der Waals surface area (Å²) in [5.74, 6) is 0. The summed E-state index contributed by atoms with van der Waals surface area (Å²) in [6, 6.07) is 0. The van der Waals surface area contributed by atoms with Crippen LogP contribution in [0.15, 0.2) is 0 Å². The van der Waals surface area contributed by atoms with Gasteiger partial charge < -0.3 is 67.8 Å². The highest BCUT2D eigenvalue weighted by atomic mass is 32.3. The summed E-state index contributed by atoms with van der Waals surface area (Å²) in [7, 11) is -41.3. The molecule has 5 aliphatic rings. The highest BCUT2D eigenvalue weighted by Gasteiger charge is 2.61. The van der Waals surface area contributed by atoms with Crippen LogP contribution in [0.1, 0.15) is 80.1 Å². The van der Waals surface area contributed by atoms with Crippen molar-refractivity contribution in [3.8, 4) is 0 Å². The molecule has 514 valence electrons. The van der Waals surface area contributed by atoms with Crippen molar-refractivity contribution >= 4 is 72.8 Å². The molecule has 5 aliphatic heterocycles. The fraction of sp³-hybridized carbons (Fsp3) is 1.00. The Bertz CT molecular complexity index is 3060. The summed E-state index contributed by atoms with van der Waals surface area (Å²) in [5, 5.41) is 44.0. The topological polar surface area (TPSA) is 618 Å². The van der Waals surface area contributed by atoms with E-state index in [1.165, 1.54) is 6.92 Å². The molecule has 5 fully saturated rings. The van der Waals surface area contributed by atoms with Crippen molar-refractivity contribution in [1.29, 1.82) is 0 Å². The van der Waals surface area contributed by atoms with Crippen LogP contribution in [0.4, 0.5) is 0 Å². The standard InChI is InChI=1S/C38H68O42S7/c1-7-8-9-10-11-12-13-64-34-30(77-84(52,53)54)25(20(40)15(3)65-34)72-37-33(80-87(61,62)63)29(76-83(49,50)51)24(18(6)69-37)71-36-31(78-85(55,56)57)26(21(41)16(4)67-36)73-38-32(79-86(58,59)60)28(75-82(46,47)48)23(17(5)68-38)70-35-27(74-81(43,44)45)22(42)19(39)14(2)66-35/h14-42H,7-13H2,1-6H3,(H,43,44,45)(H,46,47,48)(H,49,50,51)(H,52,53,54)(H,55,56,57)(H,58,59,60)(H,61,62,63)/t14-,15-,16-,17-,18-,19+,20+,21+,22+,23+,24+,25+,26+,27-,28+,29+,30-,31-,32-,33-,34-,35-,36-,37-,38-/m0/s1. The number of aliphatic hydroxyl groups excluding tert-OH is 4. The Morgan fingerprint density at radius 1 is 0.287 bits per heavy atom. The molecule has 0 amide bonds. The van der Waals surface area contributed by atoms with Crippen LogP contribution < -0.4 is 0 Å². The summed E-state index contributed by atoms with van der Waals surface area (Å²) in [6.07, 6.45) is -55.6. The van der Waals surface area contributed by atoms with Gasteiger partial charge in [0.05, 0.1) is 30.5 Å². The zero-order valence-corrected chi connectivity index (χ0v) is 51.5. The van der Waals surface area contributed by atoms with E-state index in [1.54, 1.807) is 0 Å². The second-order valence-corrected chi connectivity index (χ2v) is 27.3. The second-order valence-electron chi connectivity index (χ2n) is 20.0. The number of aliphatic hydroxyl groups is 4. The van der Waals surface area contributed by atoms with Gasteiger partial charge in [0, 0.05) is 6.61 Å². The molecule has 0 radical (unpaired) electrons. The first-order valence-corrected chi connectivity index (χ1v) is 35.0. The zero-order valence-electron chi connectivity index (χ0n) is 45.8. The average Bonchev–Trinajstić information content (AvgIpc) is 1.23. The van der Waals surface area contributed by atoms with Gasteiger partial charge in [0.2, 0.25) is 0 Å². The molecule has 5 heterocycles. The Balaban J connectivity index is 1.57. The first-order valence-electron chi connectivity index (χ1n) is 25.5. The van der Waals surface area contributed by atoms with Gasteiger partial charge >= 0.3 is 72.8 Å². The minimum atomic E-state index is -6.05. The molecule has 49 heteroatoms. The van der Waals surface area contributed by atoms with E-state index in [-0.39, 0.29) is 6.61 Å². The molecular formula is C38H68O42S7. The van der Waals surface area contributed by atoms with Crippen molar-refractivity contribution in [2.24, 2.45) is 0 Å². The van der Waals surface area contributed by atoms with E-state index >= 15 is 0 Å². The van der Waals surface area contributed by atoms with Crippen molar-refractivity contribution < 1.29 is 188 Å². The maximum Gasteiger partial charge on any atom is 0.397 e. The fourth-order valence-corrected chi connectivity index (χ4v) is 13.0. The van der Waals surface area contributed by atoms with Gasteiger partial charge in [-0.25, -0.2) is 29.3 Å². The van der Waals surface area contributed by atoms with Crippen molar-refractivity contribution in [3.63, 3.8) is 0 Å². The van der Waals surface area contributed by atoms with Crippen molar-refractivity contribution in [2.45, 2.75) is 234 Å². The van der Waals surface area contributed by atoms with E-state index in [1.807, 2.05) is 6.92 Å². The van der Waals surface area contributed by atoms with E-state index in [4.69, 9.17) is 59.9 Å². The normalized spacial score (nSPS) is 39.8. The maximum absolute atomic E-state index is 12.6. The predicted molar refractivity (Wildman–Crippen MR) is 269 cm³/mol. The highest BCUT2D eigenvalue weighted by molar-refractivity contribution is 7.82. The maximum atomic E-state index is 12.6. The third kappa shape index (κ3) is 22.9. The summed E-state index contributed by atoms with van der Waals surface area (Å²) < 4.78 is 332. The fourth-order valence-electron chi connectivity index (χ4n) is 9.60. The molecule has 87 heavy (non-hydrogen) atoms.